The maximum Gasteiger partial charge on any atom is 0.171 e. The third-order valence-corrected chi connectivity index (χ3v) is 2.64. The van der Waals surface area contributed by atoms with E-state index in [0.29, 0.717) is 17.8 Å². The number of hydrogen-bond acceptors (Lipinski definition) is 3. The van der Waals surface area contributed by atoms with Crippen molar-refractivity contribution >= 4 is 11.4 Å². The lowest BCUT2D eigenvalue weighted by Gasteiger charge is -2.05. The minimum absolute atomic E-state index is 0.0907. The molecule has 16 heavy (non-hydrogen) atoms. The molecular weight excluding hydrogens is 202 g/mol. The van der Waals surface area contributed by atoms with Crippen LogP contribution in [0.3, 0.4) is 0 Å². The minimum atomic E-state index is 0.0907. The zero-order valence-corrected chi connectivity index (χ0v) is 8.51. The van der Waals surface area contributed by atoms with Gasteiger partial charge in [0.2, 0.25) is 0 Å². The number of allylic oxidation sites excluding steroid dienone is 2. The average Bonchev–Trinajstić information content (AvgIpc) is 2.62. The van der Waals surface area contributed by atoms with Gasteiger partial charge in [0.1, 0.15) is 12.0 Å². The van der Waals surface area contributed by atoms with Gasteiger partial charge in [-0.2, -0.15) is 0 Å². The summed E-state index contributed by atoms with van der Waals surface area (Å²) in [6.07, 6.45) is 5.32. The maximum absolute atomic E-state index is 11.8. The Morgan fingerprint density at radius 2 is 2.12 bits per heavy atom. The summed E-state index contributed by atoms with van der Waals surface area (Å²) in [4.78, 5) is 16.0. The number of hydrogen-bond donors (Lipinski definition) is 0. The lowest BCUT2D eigenvalue weighted by Crippen LogP contribution is -2.29. The van der Waals surface area contributed by atoms with Crippen LogP contribution in [0.1, 0.15) is 6.42 Å². The normalized spacial score (nSPS) is 25.1. The fourth-order valence-electron chi connectivity index (χ4n) is 1.93. The monoisotopic (exact) mass is 211 g/mol. The molecule has 0 N–H and O–H groups in total. The predicted octanol–water partition coefficient (Wildman–Crippen LogP) is 0.815. The molecule has 0 radical (unpaired) electrons. The molecule has 0 saturated heterocycles. The first-order valence-electron chi connectivity index (χ1n) is 5.09. The van der Waals surface area contributed by atoms with Gasteiger partial charge in [0.05, 0.1) is 17.1 Å². The van der Waals surface area contributed by atoms with E-state index in [2.05, 4.69) is 4.99 Å². The highest BCUT2D eigenvalue weighted by Gasteiger charge is 2.23. The molecule has 1 aliphatic heterocycles. The Kier molecular flexibility index (Phi) is 1.96. The summed E-state index contributed by atoms with van der Waals surface area (Å²) in [7, 11) is 0. The fourth-order valence-corrected chi connectivity index (χ4v) is 1.93. The number of rotatable bonds is 0. The molecule has 1 heterocycles. The molecule has 1 aliphatic carbocycles. The average molecular weight is 211 g/mol. The first-order valence-corrected chi connectivity index (χ1v) is 5.09. The van der Waals surface area contributed by atoms with Gasteiger partial charge in [-0.05, 0) is 12.1 Å². The van der Waals surface area contributed by atoms with Crippen LogP contribution in [0.4, 0.5) is 0 Å². The summed E-state index contributed by atoms with van der Waals surface area (Å²) in [5, 5.41) is 1.65. The van der Waals surface area contributed by atoms with Crippen LogP contribution in [-0.4, -0.2) is 5.78 Å². The Bertz CT molecular complexity index is 638. The van der Waals surface area contributed by atoms with Gasteiger partial charge < -0.3 is 4.74 Å². The molecule has 0 amide bonds. The smallest absolute Gasteiger partial charge is 0.171 e. The van der Waals surface area contributed by atoms with Crippen LogP contribution in [-0.2, 0) is 9.53 Å². The maximum atomic E-state index is 11.8. The topological polar surface area (TPSA) is 38.7 Å². The number of para-hydroxylation sites is 1. The predicted molar refractivity (Wildman–Crippen MR) is 58.6 cm³/mol. The SMILES string of the molecule is O=C1CC=C2O\C=C/N=c3/cccc/c3=C\12. The van der Waals surface area contributed by atoms with Crippen molar-refractivity contribution in [3.63, 3.8) is 0 Å². The molecule has 1 aromatic carbocycles. The number of carbonyl (C=O) groups is 1. The molecular formula is C13H9NO2. The van der Waals surface area contributed by atoms with Crippen molar-refractivity contribution in [1.82, 2.24) is 0 Å². The molecule has 78 valence electrons. The van der Waals surface area contributed by atoms with E-state index in [1.165, 1.54) is 6.26 Å². The summed E-state index contributed by atoms with van der Waals surface area (Å²) in [5.74, 6) is 0.733. The lowest BCUT2D eigenvalue weighted by molar-refractivity contribution is -0.112. The van der Waals surface area contributed by atoms with Gasteiger partial charge in [0, 0.05) is 11.6 Å². The Hall–Kier alpha value is -2.16. The van der Waals surface area contributed by atoms with E-state index in [4.69, 9.17) is 4.74 Å². The van der Waals surface area contributed by atoms with E-state index in [1.54, 1.807) is 6.20 Å². The molecule has 3 rings (SSSR count). The van der Waals surface area contributed by atoms with E-state index in [-0.39, 0.29) is 5.78 Å². The van der Waals surface area contributed by atoms with Crippen molar-refractivity contribution in [3.8, 4) is 0 Å². The summed E-state index contributed by atoms with van der Waals surface area (Å²) in [6.45, 7) is 0. The second kappa shape index (κ2) is 3.45. The molecule has 0 spiro atoms. The highest BCUT2D eigenvalue weighted by atomic mass is 16.5. The number of benzene rings is 1. The van der Waals surface area contributed by atoms with Crippen molar-refractivity contribution in [2.75, 3.05) is 0 Å². The number of fused-ring (bicyclic) bond motifs is 2. The molecule has 0 fully saturated rings. The van der Waals surface area contributed by atoms with E-state index in [9.17, 15) is 4.79 Å². The standard InChI is InChI=1S/C13H9NO2/c15-11-5-6-12-13(11)9-3-1-2-4-10(9)14-7-8-16-12/h1-4,6-8H,5H2/b8-7-,13-9-,14-10-. The number of ether oxygens (including phenoxy) is 1. The van der Waals surface area contributed by atoms with Crippen molar-refractivity contribution in [2.45, 2.75) is 6.42 Å². The zero-order valence-electron chi connectivity index (χ0n) is 8.51. The van der Waals surface area contributed by atoms with E-state index < -0.39 is 0 Å². The van der Waals surface area contributed by atoms with Crippen molar-refractivity contribution < 1.29 is 9.53 Å². The van der Waals surface area contributed by atoms with Crippen LogP contribution >= 0.6 is 0 Å². The lowest BCUT2D eigenvalue weighted by atomic mass is 10.1. The molecule has 0 atom stereocenters. The largest absolute Gasteiger partial charge is 0.463 e. The molecule has 0 bridgehead atoms. The molecule has 3 heteroatoms. The quantitative estimate of drug-likeness (QED) is 0.637. The van der Waals surface area contributed by atoms with Gasteiger partial charge in [-0.3, -0.25) is 9.79 Å². The van der Waals surface area contributed by atoms with Gasteiger partial charge in [0.25, 0.3) is 0 Å². The third-order valence-electron chi connectivity index (χ3n) is 2.64. The number of ketones is 1. The van der Waals surface area contributed by atoms with Crippen LogP contribution in [0.25, 0.3) is 5.57 Å². The minimum Gasteiger partial charge on any atom is -0.463 e. The molecule has 0 aromatic heterocycles. The first-order chi connectivity index (χ1) is 7.86. The molecule has 1 aromatic rings. The Morgan fingerprint density at radius 3 is 3.06 bits per heavy atom. The highest BCUT2D eigenvalue weighted by molar-refractivity contribution is 6.22. The second-order valence-corrected chi connectivity index (χ2v) is 3.62. The van der Waals surface area contributed by atoms with Crippen LogP contribution in [0.5, 0.6) is 0 Å². The Morgan fingerprint density at radius 1 is 1.25 bits per heavy atom. The summed E-state index contributed by atoms with van der Waals surface area (Å²) < 4.78 is 5.36. The van der Waals surface area contributed by atoms with E-state index in [1.807, 2.05) is 30.3 Å². The molecule has 0 saturated carbocycles. The molecule has 3 nitrogen and oxygen atoms in total. The van der Waals surface area contributed by atoms with Gasteiger partial charge in [-0.15, -0.1) is 0 Å². The number of Topliss-reactive ketones (excluding diaryl/α,β-unsaturated/α-hetero) is 1. The van der Waals surface area contributed by atoms with Crippen LogP contribution < -0.4 is 10.6 Å². The number of nitrogens with zero attached hydrogens (tertiary/aromatic N) is 1. The molecule has 0 unspecified atom stereocenters. The number of carbonyl (C=O) groups excluding carboxylic acids is 1. The van der Waals surface area contributed by atoms with Crippen LogP contribution in [0.15, 0.2) is 53.6 Å². The van der Waals surface area contributed by atoms with Gasteiger partial charge in [-0.25, -0.2) is 0 Å². The third kappa shape index (κ3) is 1.29. The van der Waals surface area contributed by atoms with Gasteiger partial charge >= 0.3 is 0 Å². The Labute approximate surface area is 92.1 Å². The van der Waals surface area contributed by atoms with Crippen molar-refractivity contribution in [2.24, 2.45) is 4.99 Å². The van der Waals surface area contributed by atoms with Crippen molar-refractivity contribution in [1.29, 1.82) is 0 Å². The summed E-state index contributed by atoms with van der Waals surface area (Å²) in [5.41, 5.74) is 0.642. The van der Waals surface area contributed by atoms with Gasteiger partial charge in [-0.1, -0.05) is 18.2 Å². The van der Waals surface area contributed by atoms with Gasteiger partial charge in [0.15, 0.2) is 5.78 Å². The van der Waals surface area contributed by atoms with E-state index >= 15 is 0 Å². The summed E-state index contributed by atoms with van der Waals surface area (Å²) >= 11 is 0. The second-order valence-electron chi connectivity index (χ2n) is 3.62. The van der Waals surface area contributed by atoms with Crippen LogP contribution in [0.2, 0.25) is 0 Å². The zero-order chi connectivity index (χ0) is 11.0. The summed E-state index contributed by atoms with van der Waals surface area (Å²) in [6, 6.07) is 7.59. The van der Waals surface area contributed by atoms with Crippen LogP contribution in [0, 0.1) is 0 Å². The highest BCUT2D eigenvalue weighted by Crippen LogP contribution is 2.23. The van der Waals surface area contributed by atoms with Crippen molar-refractivity contribution in [3.05, 3.63) is 59.1 Å². The van der Waals surface area contributed by atoms with E-state index in [0.717, 1.165) is 10.6 Å². The fraction of sp³-hybridized carbons (Fsp3) is 0.0769. The molecule has 2 aliphatic rings. The first kappa shape index (κ1) is 9.09. The Balaban J connectivity index is 2.48.